The maximum absolute atomic E-state index is 11.8. The molecule has 22 heavy (non-hydrogen) atoms. The molecule has 3 rings (SSSR count). The van der Waals surface area contributed by atoms with E-state index in [0.717, 1.165) is 24.1 Å². The van der Waals surface area contributed by atoms with Crippen LogP contribution >= 0.6 is 0 Å². The van der Waals surface area contributed by atoms with Crippen LogP contribution in [-0.2, 0) is 29.4 Å². The zero-order valence-electron chi connectivity index (χ0n) is 12.9. The molecule has 1 aliphatic carbocycles. The van der Waals surface area contributed by atoms with E-state index in [4.69, 9.17) is 0 Å². The number of benzene rings is 1. The van der Waals surface area contributed by atoms with Gasteiger partial charge in [-0.3, -0.25) is 4.68 Å². The molecule has 0 radical (unpaired) electrons. The number of sulfonamides is 1. The zero-order chi connectivity index (χ0) is 15.7. The van der Waals surface area contributed by atoms with Crippen LogP contribution in [0.25, 0.3) is 11.3 Å². The summed E-state index contributed by atoms with van der Waals surface area (Å²) >= 11 is 0. The van der Waals surface area contributed by atoms with Crippen LogP contribution in [0.15, 0.2) is 24.4 Å². The van der Waals surface area contributed by atoms with E-state index >= 15 is 0 Å². The molecule has 0 fully saturated rings. The fourth-order valence-electron chi connectivity index (χ4n) is 2.66. The van der Waals surface area contributed by atoms with Crippen molar-refractivity contribution in [3.05, 3.63) is 35.5 Å². The summed E-state index contributed by atoms with van der Waals surface area (Å²) in [6.45, 7) is 0.304. The molecule has 0 saturated carbocycles. The van der Waals surface area contributed by atoms with Crippen molar-refractivity contribution in [1.82, 2.24) is 19.3 Å². The molecule has 0 atom stereocenters. The molecule has 1 heterocycles. The Morgan fingerprint density at radius 1 is 1.23 bits per heavy atom. The topological polar surface area (TPSA) is 68.1 Å². The van der Waals surface area contributed by atoms with Gasteiger partial charge in [0.15, 0.2) is 0 Å². The molecule has 0 bridgehead atoms. The van der Waals surface area contributed by atoms with Crippen LogP contribution in [0.4, 0.5) is 0 Å². The highest BCUT2D eigenvalue weighted by Crippen LogP contribution is 2.26. The van der Waals surface area contributed by atoms with Crippen LogP contribution < -0.4 is 0 Å². The lowest BCUT2D eigenvalue weighted by molar-refractivity contribution is 0.510. The minimum absolute atomic E-state index is 0.0208. The van der Waals surface area contributed by atoms with Crippen molar-refractivity contribution >= 4 is 10.0 Å². The van der Waals surface area contributed by atoms with E-state index in [1.54, 1.807) is 4.68 Å². The number of rotatable bonds is 5. The van der Waals surface area contributed by atoms with Gasteiger partial charge in [0.25, 0.3) is 0 Å². The smallest absolute Gasteiger partial charge is 0.215 e. The zero-order valence-corrected chi connectivity index (χ0v) is 13.7. The summed E-state index contributed by atoms with van der Waals surface area (Å²) < 4.78 is 26.4. The van der Waals surface area contributed by atoms with E-state index < -0.39 is 10.0 Å². The maximum Gasteiger partial charge on any atom is 0.215 e. The number of aromatic nitrogens is 3. The van der Waals surface area contributed by atoms with Crippen LogP contribution in [0, 0.1) is 0 Å². The van der Waals surface area contributed by atoms with Gasteiger partial charge in [-0.25, -0.2) is 12.7 Å². The van der Waals surface area contributed by atoms with E-state index in [9.17, 15) is 8.42 Å². The second-order valence-electron chi connectivity index (χ2n) is 5.80. The number of nitrogens with zero attached hydrogens (tertiary/aromatic N) is 4. The summed E-state index contributed by atoms with van der Waals surface area (Å²) in [4.78, 5) is 0. The van der Waals surface area contributed by atoms with Gasteiger partial charge < -0.3 is 0 Å². The summed E-state index contributed by atoms with van der Waals surface area (Å²) in [5.41, 5.74) is 4.65. The second kappa shape index (κ2) is 5.81. The van der Waals surface area contributed by atoms with Gasteiger partial charge in [0.2, 0.25) is 10.0 Å². The first-order valence-corrected chi connectivity index (χ1v) is 8.99. The van der Waals surface area contributed by atoms with Crippen LogP contribution in [-0.4, -0.2) is 47.6 Å². The van der Waals surface area contributed by atoms with Gasteiger partial charge in [-0.05, 0) is 36.5 Å². The lowest BCUT2D eigenvalue weighted by Gasteiger charge is -2.10. The van der Waals surface area contributed by atoms with Gasteiger partial charge in [0, 0.05) is 19.7 Å². The molecular formula is C15H20N4O2S. The van der Waals surface area contributed by atoms with Crippen LogP contribution in [0.5, 0.6) is 0 Å². The van der Waals surface area contributed by atoms with Crippen molar-refractivity contribution in [2.24, 2.45) is 0 Å². The van der Waals surface area contributed by atoms with Gasteiger partial charge in [0.05, 0.1) is 18.5 Å². The summed E-state index contributed by atoms with van der Waals surface area (Å²) in [5, 5.41) is 8.19. The Morgan fingerprint density at radius 3 is 2.77 bits per heavy atom. The summed E-state index contributed by atoms with van der Waals surface area (Å²) in [6.07, 6.45) is 5.30. The van der Waals surface area contributed by atoms with Crippen molar-refractivity contribution in [2.75, 3.05) is 19.8 Å². The standard InChI is InChI=1S/C15H20N4O2S/c1-18(2)22(20,21)9-8-19-11-15(16-17-19)14-7-6-12-4-3-5-13(12)10-14/h6-7,10-11H,3-5,8-9H2,1-2H3. The third-order valence-corrected chi connectivity index (χ3v) is 5.88. The van der Waals surface area contributed by atoms with Crippen LogP contribution in [0.1, 0.15) is 17.5 Å². The maximum atomic E-state index is 11.8. The minimum atomic E-state index is -3.22. The van der Waals surface area contributed by atoms with Gasteiger partial charge in [-0.1, -0.05) is 17.3 Å². The van der Waals surface area contributed by atoms with Crippen molar-refractivity contribution in [2.45, 2.75) is 25.8 Å². The molecule has 2 aromatic rings. The Balaban J connectivity index is 1.74. The summed E-state index contributed by atoms with van der Waals surface area (Å²) in [5.74, 6) is 0.0208. The molecule has 1 aromatic carbocycles. The molecule has 0 unspecified atom stereocenters. The predicted octanol–water partition coefficient (Wildman–Crippen LogP) is 1.33. The number of fused-ring (bicyclic) bond motifs is 1. The highest BCUT2D eigenvalue weighted by Gasteiger charge is 2.15. The lowest BCUT2D eigenvalue weighted by atomic mass is 10.1. The van der Waals surface area contributed by atoms with Crippen LogP contribution in [0.2, 0.25) is 0 Å². The second-order valence-corrected chi connectivity index (χ2v) is 8.10. The Morgan fingerprint density at radius 2 is 2.00 bits per heavy atom. The minimum Gasteiger partial charge on any atom is -0.251 e. The molecule has 7 heteroatoms. The Hall–Kier alpha value is -1.73. The molecule has 6 nitrogen and oxygen atoms in total. The average molecular weight is 320 g/mol. The average Bonchev–Trinajstić information content (AvgIpc) is 3.13. The highest BCUT2D eigenvalue weighted by atomic mass is 32.2. The number of hydrogen-bond acceptors (Lipinski definition) is 4. The monoisotopic (exact) mass is 320 g/mol. The first kappa shape index (κ1) is 15.2. The van der Waals surface area contributed by atoms with E-state index in [-0.39, 0.29) is 5.75 Å². The molecule has 0 spiro atoms. The molecule has 0 amide bonds. The van der Waals surface area contributed by atoms with Crippen molar-refractivity contribution in [3.8, 4) is 11.3 Å². The third kappa shape index (κ3) is 3.05. The Kier molecular flexibility index (Phi) is 4.01. The molecule has 1 aromatic heterocycles. The predicted molar refractivity (Wildman–Crippen MR) is 85.0 cm³/mol. The lowest BCUT2D eigenvalue weighted by Crippen LogP contribution is -2.27. The molecule has 0 saturated heterocycles. The highest BCUT2D eigenvalue weighted by molar-refractivity contribution is 7.89. The van der Waals surface area contributed by atoms with E-state index in [2.05, 4.69) is 28.5 Å². The molecule has 0 aliphatic heterocycles. The van der Waals surface area contributed by atoms with E-state index in [1.807, 2.05) is 6.20 Å². The fourth-order valence-corrected chi connectivity index (χ4v) is 3.45. The number of hydrogen-bond donors (Lipinski definition) is 0. The number of aryl methyl sites for hydroxylation is 3. The Labute approximate surface area is 130 Å². The van der Waals surface area contributed by atoms with Crippen molar-refractivity contribution < 1.29 is 8.42 Å². The van der Waals surface area contributed by atoms with Crippen molar-refractivity contribution in [3.63, 3.8) is 0 Å². The largest absolute Gasteiger partial charge is 0.251 e. The molecule has 0 N–H and O–H groups in total. The molecule has 118 valence electrons. The fraction of sp³-hybridized carbons (Fsp3) is 0.467. The van der Waals surface area contributed by atoms with E-state index in [1.165, 1.54) is 35.9 Å². The quantitative estimate of drug-likeness (QED) is 0.833. The molecular weight excluding hydrogens is 300 g/mol. The third-order valence-electron chi connectivity index (χ3n) is 4.07. The van der Waals surface area contributed by atoms with E-state index in [0.29, 0.717) is 6.54 Å². The Bertz CT molecular complexity index is 781. The van der Waals surface area contributed by atoms with Gasteiger partial charge in [0.1, 0.15) is 5.69 Å². The SMILES string of the molecule is CN(C)S(=O)(=O)CCn1cc(-c2ccc3c(c2)CCC3)nn1. The van der Waals surface area contributed by atoms with Gasteiger partial charge in [-0.15, -0.1) is 5.10 Å². The normalized spacial score (nSPS) is 14.5. The first-order valence-electron chi connectivity index (χ1n) is 7.38. The molecule has 1 aliphatic rings. The summed E-state index contributed by atoms with van der Waals surface area (Å²) in [7, 11) is -0.146. The first-order chi connectivity index (χ1) is 10.5. The van der Waals surface area contributed by atoms with Gasteiger partial charge in [-0.2, -0.15) is 0 Å². The van der Waals surface area contributed by atoms with Crippen molar-refractivity contribution in [1.29, 1.82) is 0 Å². The van der Waals surface area contributed by atoms with Gasteiger partial charge >= 0.3 is 0 Å². The summed E-state index contributed by atoms with van der Waals surface area (Å²) in [6, 6.07) is 6.40. The van der Waals surface area contributed by atoms with Crippen LogP contribution in [0.3, 0.4) is 0 Å².